The van der Waals surface area contributed by atoms with Crippen molar-refractivity contribution in [1.82, 2.24) is 20.1 Å². The van der Waals surface area contributed by atoms with Crippen molar-refractivity contribution in [3.05, 3.63) is 65.9 Å². The molecule has 0 unspecified atom stereocenters. The van der Waals surface area contributed by atoms with E-state index in [9.17, 15) is 9.59 Å². The molecule has 1 aliphatic carbocycles. The maximum absolute atomic E-state index is 13.4. The van der Waals surface area contributed by atoms with Gasteiger partial charge in [0.25, 0.3) is 0 Å². The minimum atomic E-state index is -0.222. The van der Waals surface area contributed by atoms with E-state index in [0.29, 0.717) is 26.1 Å². The molecule has 2 amide bonds. The molecule has 2 heterocycles. The lowest BCUT2D eigenvalue weighted by Crippen LogP contribution is -2.50. The van der Waals surface area contributed by atoms with Crippen LogP contribution in [-0.4, -0.2) is 65.9 Å². The van der Waals surface area contributed by atoms with E-state index >= 15 is 0 Å². The van der Waals surface area contributed by atoms with Crippen LogP contribution in [0.25, 0.3) is 10.9 Å². The third-order valence-corrected chi connectivity index (χ3v) is 9.26. The molecule has 3 aromatic rings. The standard InChI is InChI=1S/C34H46N4O3/c1-25(39)38(22-28-12-6-9-15-33(28)41-2)23-30(20-29-21-35-32-14-8-7-13-31(29)32)36-34(40)24-37-18-16-27(17-19-37)26-10-4-3-5-11-26/h6-9,12-15,21,26-27,30,35H,3-5,10-11,16-20,22-24H2,1-2H3,(H,36,40)/t30-/m1/s1. The number of methoxy groups -OCH3 is 1. The summed E-state index contributed by atoms with van der Waals surface area (Å²) in [5, 5.41) is 4.47. The van der Waals surface area contributed by atoms with Crippen LogP contribution in [0.4, 0.5) is 0 Å². The molecule has 0 spiro atoms. The van der Waals surface area contributed by atoms with Gasteiger partial charge >= 0.3 is 0 Å². The highest BCUT2D eigenvalue weighted by atomic mass is 16.5. The molecular formula is C34H46N4O3. The minimum absolute atomic E-state index is 0.0288. The number of aromatic nitrogens is 1. The molecule has 2 N–H and O–H groups in total. The number of nitrogens with one attached hydrogen (secondary N) is 2. The number of fused-ring (bicyclic) bond motifs is 1. The molecule has 0 radical (unpaired) electrons. The van der Waals surface area contributed by atoms with Crippen LogP contribution in [0.15, 0.2) is 54.7 Å². The Morgan fingerprint density at radius 2 is 1.68 bits per heavy atom. The third-order valence-electron chi connectivity index (χ3n) is 9.26. The summed E-state index contributed by atoms with van der Waals surface area (Å²) < 4.78 is 5.54. The lowest BCUT2D eigenvalue weighted by molar-refractivity contribution is -0.131. The fourth-order valence-corrected chi connectivity index (χ4v) is 7.00. The van der Waals surface area contributed by atoms with Crippen molar-refractivity contribution in [2.75, 3.05) is 33.3 Å². The summed E-state index contributed by atoms with van der Waals surface area (Å²) in [6.45, 7) is 4.84. The Balaban J connectivity index is 1.25. The Bertz CT molecular complexity index is 1290. The second-order valence-electron chi connectivity index (χ2n) is 12.1. The topological polar surface area (TPSA) is 77.7 Å². The molecule has 2 fully saturated rings. The van der Waals surface area contributed by atoms with Gasteiger partial charge in [0.15, 0.2) is 0 Å². The summed E-state index contributed by atoms with van der Waals surface area (Å²) in [6.07, 6.45) is 12.0. The van der Waals surface area contributed by atoms with E-state index in [4.69, 9.17) is 4.74 Å². The second-order valence-corrected chi connectivity index (χ2v) is 12.1. The molecule has 2 aromatic carbocycles. The van der Waals surface area contributed by atoms with E-state index in [1.54, 1.807) is 14.0 Å². The van der Waals surface area contributed by atoms with Gasteiger partial charge in [-0.25, -0.2) is 0 Å². The molecule has 0 bridgehead atoms. The van der Waals surface area contributed by atoms with Crippen molar-refractivity contribution in [2.24, 2.45) is 11.8 Å². The van der Waals surface area contributed by atoms with Crippen LogP contribution in [0.5, 0.6) is 5.75 Å². The monoisotopic (exact) mass is 558 g/mol. The SMILES string of the molecule is COc1ccccc1CN(C[C@@H](Cc1c[nH]c2ccccc12)NC(=O)CN1CCC(C2CCCCC2)CC1)C(C)=O. The van der Waals surface area contributed by atoms with Crippen LogP contribution < -0.4 is 10.1 Å². The maximum Gasteiger partial charge on any atom is 0.234 e. The van der Waals surface area contributed by atoms with E-state index < -0.39 is 0 Å². The number of benzene rings is 2. The van der Waals surface area contributed by atoms with Gasteiger partial charge in [-0.1, -0.05) is 68.5 Å². The maximum atomic E-state index is 13.4. The molecule has 2 aliphatic rings. The van der Waals surface area contributed by atoms with E-state index in [1.807, 2.05) is 47.5 Å². The van der Waals surface area contributed by atoms with Crippen LogP contribution in [-0.2, 0) is 22.6 Å². The predicted molar refractivity (Wildman–Crippen MR) is 164 cm³/mol. The molecule has 7 nitrogen and oxygen atoms in total. The zero-order valence-electron chi connectivity index (χ0n) is 24.7. The van der Waals surface area contributed by atoms with Crippen molar-refractivity contribution in [3.63, 3.8) is 0 Å². The average molecular weight is 559 g/mol. The van der Waals surface area contributed by atoms with Crippen molar-refractivity contribution in [3.8, 4) is 5.75 Å². The molecule has 5 rings (SSSR count). The normalized spacial score (nSPS) is 17.8. The first kappa shape index (κ1) is 29.2. The molecule has 1 saturated heterocycles. The number of ether oxygens (including phenoxy) is 1. The summed E-state index contributed by atoms with van der Waals surface area (Å²) in [4.78, 5) is 33.7. The van der Waals surface area contributed by atoms with Crippen LogP contribution in [0, 0.1) is 11.8 Å². The number of hydrogen-bond donors (Lipinski definition) is 2. The van der Waals surface area contributed by atoms with Crippen molar-refractivity contribution in [2.45, 2.75) is 70.9 Å². The van der Waals surface area contributed by atoms with Gasteiger partial charge in [-0.05, 0) is 61.9 Å². The Kier molecular flexibility index (Phi) is 9.99. The van der Waals surface area contributed by atoms with Gasteiger partial charge in [-0.3, -0.25) is 14.5 Å². The number of aromatic amines is 1. The minimum Gasteiger partial charge on any atom is -0.496 e. The number of H-pyrrole nitrogens is 1. The molecule has 1 aliphatic heterocycles. The van der Waals surface area contributed by atoms with Crippen molar-refractivity contribution < 1.29 is 14.3 Å². The summed E-state index contributed by atoms with van der Waals surface area (Å²) in [6, 6.07) is 15.8. The number of amides is 2. The Morgan fingerprint density at radius 3 is 2.44 bits per heavy atom. The number of rotatable bonds is 11. The smallest absolute Gasteiger partial charge is 0.234 e. The van der Waals surface area contributed by atoms with Crippen LogP contribution in [0.2, 0.25) is 0 Å². The zero-order chi connectivity index (χ0) is 28.6. The molecule has 1 atom stereocenters. The quantitative estimate of drug-likeness (QED) is 0.324. The van der Waals surface area contributed by atoms with Gasteiger partial charge in [0, 0.05) is 42.7 Å². The van der Waals surface area contributed by atoms with E-state index in [2.05, 4.69) is 27.3 Å². The van der Waals surface area contributed by atoms with Gasteiger partial charge in [0.2, 0.25) is 11.8 Å². The van der Waals surface area contributed by atoms with Gasteiger partial charge in [0.1, 0.15) is 5.75 Å². The number of nitrogens with zero attached hydrogens (tertiary/aromatic N) is 2. The number of carbonyl (C=O) groups is 2. The highest BCUT2D eigenvalue weighted by Crippen LogP contribution is 2.35. The summed E-state index contributed by atoms with van der Waals surface area (Å²) in [7, 11) is 1.65. The first-order chi connectivity index (χ1) is 20.0. The fourth-order valence-electron chi connectivity index (χ4n) is 7.00. The van der Waals surface area contributed by atoms with E-state index in [0.717, 1.165) is 52.7 Å². The summed E-state index contributed by atoms with van der Waals surface area (Å²) in [5.41, 5.74) is 3.16. The highest BCUT2D eigenvalue weighted by Gasteiger charge is 2.29. The zero-order valence-corrected chi connectivity index (χ0v) is 24.7. The van der Waals surface area contributed by atoms with E-state index in [-0.39, 0.29) is 17.9 Å². The predicted octanol–water partition coefficient (Wildman–Crippen LogP) is 5.54. The Hall–Kier alpha value is -3.32. The van der Waals surface area contributed by atoms with Crippen molar-refractivity contribution >= 4 is 22.7 Å². The number of piperidine rings is 1. The van der Waals surface area contributed by atoms with Crippen LogP contribution in [0.3, 0.4) is 0 Å². The molecular weight excluding hydrogens is 512 g/mol. The number of carbonyl (C=O) groups excluding carboxylic acids is 2. The first-order valence-corrected chi connectivity index (χ1v) is 15.4. The van der Waals surface area contributed by atoms with Crippen LogP contribution >= 0.6 is 0 Å². The number of para-hydroxylation sites is 2. The molecule has 220 valence electrons. The average Bonchev–Trinajstić information content (AvgIpc) is 3.40. The molecule has 1 saturated carbocycles. The van der Waals surface area contributed by atoms with Gasteiger partial charge in [-0.15, -0.1) is 0 Å². The highest BCUT2D eigenvalue weighted by molar-refractivity contribution is 5.83. The summed E-state index contributed by atoms with van der Waals surface area (Å²) >= 11 is 0. The summed E-state index contributed by atoms with van der Waals surface area (Å²) in [5.74, 6) is 2.47. The van der Waals surface area contributed by atoms with Crippen molar-refractivity contribution in [1.29, 1.82) is 0 Å². The molecule has 7 heteroatoms. The lowest BCUT2D eigenvalue weighted by atomic mass is 9.76. The largest absolute Gasteiger partial charge is 0.496 e. The number of hydrogen-bond acceptors (Lipinski definition) is 4. The Labute approximate surface area is 244 Å². The second kappa shape index (κ2) is 14.0. The van der Waals surface area contributed by atoms with Crippen LogP contribution in [0.1, 0.15) is 63.0 Å². The third kappa shape index (κ3) is 7.70. The lowest BCUT2D eigenvalue weighted by Gasteiger charge is -2.37. The Morgan fingerprint density at radius 1 is 0.976 bits per heavy atom. The molecule has 41 heavy (non-hydrogen) atoms. The fraction of sp³-hybridized carbons (Fsp3) is 0.529. The number of likely N-dealkylation sites (tertiary alicyclic amines) is 1. The van der Waals surface area contributed by atoms with E-state index in [1.165, 1.54) is 44.9 Å². The van der Waals surface area contributed by atoms with Gasteiger partial charge < -0.3 is 19.9 Å². The first-order valence-electron chi connectivity index (χ1n) is 15.4. The van der Waals surface area contributed by atoms with Gasteiger partial charge in [0.05, 0.1) is 19.7 Å². The van der Waals surface area contributed by atoms with Gasteiger partial charge in [-0.2, -0.15) is 0 Å². The molecule has 1 aromatic heterocycles.